The minimum absolute atomic E-state index is 0.0103. The second kappa shape index (κ2) is 11.0. The highest BCUT2D eigenvalue weighted by Gasteiger charge is 2.43. The van der Waals surface area contributed by atoms with E-state index in [2.05, 4.69) is 15.5 Å². The van der Waals surface area contributed by atoms with Crippen molar-refractivity contribution in [3.8, 4) is 11.8 Å². The number of halogens is 4. The van der Waals surface area contributed by atoms with Crippen molar-refractivity contribution in [2.24, 2.45) is 0 Å². The van der Waals surface area contributed by atoms with Gasteiger partial charge in [-0.2, -0.15) is 10.4 Å². The first-order valence-corrected chi connectivity index (χ1v) is 13.6. The Morgan fingerprint density at radius 1 is 1.09 bits per heavy atom. The predicted molar refractivity (Wildman–Crippen MR) is 156 cm³/mol. The van der Waals surface area contributed by atoms with Gasteiger partial charge in [-0.15, -0.1) is 0 Å². The first-order valence-electron chi connectivity index (χ1n) is 12.8. The Hall–Kier alpha value is -4.98. The number of nitriles is 1. The van der Waals surface area contributed by atoms with Crippen LogP contribution in [-0.2, 0) is 6.54 Å². The Kier molecular flexibility index (Phi) is 7.22. The molecule has 1 aliphatic rings. The molecule has 43 heavy (non-hydrogen) atoms. The summed E-state index contributed by atoms with van der Waals surface area (Å²) in [7, 11) is 1.54. The van der Waals surface area contributed by atoms with Gasteiger partial charge in [0.15, 0.2) is 5.69 Å². The van der Waals surface area contributed by atoms with E-state index in [1.807, 2.05) is 6.07 Å². The van der Waals surface area contributed by atoms with Crippen LogP contribution in [0.2, 0.25) is 10.0 Å². The smallest absolute Gasteiger partial charge is 0.257 e. The fraction of sp³-hybridized carbons (Fsp3) is 0.0968. The average molecular weight is 618 g/mol. The fourth-order valence-electron chi connectivity index (χ4n) is 5.30. The van der Waals surface area contributed by atoms with Crippen LogP contribution >= 0.6 is 23.2 Å². The number of benzene rings is 4. The van der Waals surface area contributed by atoms with Gasteiger partial charge in [0.25, 0.3) is 11.8 Å². The molecule has 5 aromatic rings. The summed E-state index contributed by atoms with van der Waals surface area (Å²) in [6, 6.07) is 16.7. The van der Waals surface area contributed by atoms with Crippen LogP contribution in [0.15, 0.2) is 66.7 Å². The van der Waals surface area contributed by atoms with Crippen molar-refractivity contribution < 1.29 is 23.1 Å². The molecule has 1 atom stereocenters. The lowest BCUT2D eigenvalue weighted by molar-refractivity contribution is 0.0737. The molecule has 0 saturated carbocycles. The van der Waals surface area contributed by atoms with Gasteiger partial charge >= 0.3 is 0 Å². The van der Waals surface area contributed by atoms with E-state index in [1.165, 1.54) is 42.3 Å². The Bertz CT molecular complexity index is 1970. The Balaban J connectivity index is 1.58. The number of hydrogen-bond donors (Lipinski definition) is 2. The lowest BCUT2D eigenvalue weighted by atomic mass is 9.93. The molecule has 4 aromatic carbocycles. The number of anilines is 1. The Morgan fingerprint density at radius 2 is 1.86 bits per heavy atom. The van der Waals surface area contributed by atoms with Gasteiger partial charge in [-0.3, -0.25) is 14.7 Å². The summed E-state index contributed by atoms with van der Waals surface area (Å²) >= 11 is 12.6. The van der Waals surface area contributed by atoms with Gasteiger partial charge in [0.1, 0.15) is 23.5 Å². The van der Waals surface area contributed by atoms with Gasteiger partial charge in [-0.25, -0.2) is 8.78 Å². The van der Waals surface area contributed by atoms with Crippen LogP contribution < -0.4 is 10.1 Å². The number of nitrogens with zero attached hydrogens (tertiary/aromatic N) is 3. The molecule has 6 rings (SSSR count). The van der Waals surface area contributed by atoms with E-state index in [4.69, 9.17) is 27.9 Å². The lowest BCUT2D eigenvalue weighted by Crippen LogP contribution is -2.28. The Morgan fingerprint density at radius 3 is 2.56 bits per heavy atom. The third-order valence-corrected chi connectivity index (χ3v) is 7.77. The van der Waals surface area contributed by atoms with E-state index in [0.717, 1.165) is 17.7 Å². The number of hydrogen-bond acceptors (Lipinski definition) is 5. The van der Waals surface area contributed by atoms with Crippen LogP contribution in [0, 0.1) is 23.0 Å². The molecule has 0 spiro atoms. The summed E-state index contributed by atoms with van der Waals surface area (Å²) in [5.41, 5.74) is 1.72. The molecule has 0 saturated heterocycles. The molecule has 8 nitrogen and oxygen atoms in total. The summed E-state index contributed by atoms with van der Waals surface area (Å²) in [6.07, 6.45) is 0. The number of fused-ring (bicyclic) bond motifs is 3. The van der Waals surface area contributed by atoms with Crippen LogP contribution in [0.5, 0.6) is 5.75 Å². The highest BCUT2D eigenvalue weighted by molar-refractivity contribution is 6.32. The van der Waals surface area contributed by atoms with Gasteiger partial charge in [-0.05, 0) is 60.2 Å². The number of aromatic nitrogens is 2. The molecule has 0 radical (unpaired) electrons. The van der Waals surface area contributed by atoms with Gasteiger partial charge in [-0.1, -0.05) is 35.3 Å². The van der Waals surface area contributed by atoms with Gasteiger partial charge in [0, 0.05) is 44.4 Å². The van der Waals surface area contributed by atoms with Crippen LogP contribution in [0.25, 0.3) is 10.9 Å². The maximum atomic E-state index is 14.7. The van der Waals surface area contributed by atoms with Crippen molar-refractivity contribution in [2.75, 3.05) is 12.4 Å². The molecule has 2 amide bonds. The van der Waals surface area contributed by atoms with Crippen molar-refractivity contribution in [3.63, 3.8) is 0 Å². The molecular weight excluding hydrogens is 599 g/mol. The minimum atomic E-state index is -0.975. The monoisotopic (exact) mass is 617 g/mol. The molecule has 0 aliphatic carbocycles. The molecule has 0 bridgehead atoms. The molecule has 1 aromatic heterocycles. The number of rotatable bonds is 6. The molecule has 0 fully saturated rings. The predicted octanol–water partition coefficient (Wildman–Crippen LogP) is 7.03. The number of nitrogens with one attached hydrogen (secondary N) is 2. The maximum Gasteiger partial charge on any atom is 0.257 e. The SMILES string of the molecule is COc1ccc(CN2C(=O)c3c(c(NC(=O)c4cc(F)cc(Cl)c4)cc4c(C#N)n[nH]c34)C2c2cc(F)ccc2Cl)cc1. The number of carbonyl (C=O) groups is 2. The molecule has 1 unspecified atom stereocenters. The summed E-state index contributed by atoms with van der Waals surface area (Å²) in [4.78, 5) is 29.2. The second-order valence-electron chi connectivity index (χ2n) is 9.78. The van der Waals surface area contributed by atoms with Crippen LogP contribution in [-0.4, -0.2) is 34.0 Å². The minimum Gasteiger partial charge on any atom is -0.497 e. The number of H-pyrrole nitrogens is 1. The largest absolute Gasteiger partial charge is 0.497 e. The van der Waals surface area contributed by atoms with E-state index in [-0.39, 0.29) is 55.6 Å². The summed E-state index contributed by atoms with van der Waals surface area (Å²) < 4.78 is 34.0. The molecule has 12 heteroatoms. The van der Waals surface area contributed by atoms with Crippen LogP contribution in [0.3, 0.4) is 0 Å². The zero-order valence-corrected chi connectivity index (χ0v) is 23.7. The molecule has 1 aliphatic heterocycles. The third kappa shape index (κ3) is 5.03. The molecule has 214 valence electrons. The van der Waals surface area contributed by atoms with Crippen molar-refractivity contribution >= 4 is 51.6 Å². The summed E-state index contributed by atoms with van der Waals surface area (Å²) in [5, 5.41) is 19.7. The number of amides is 2. The Labute approximate surface area is 253 Å². The normalized spacial score (nSPS) is 14.1. The van der Waals surface area contributed by atoms with E-state index in [0.29, 0.717) is 11.3 Å². The number of ether oxygens (including phenoxy) is 1. The van der Waals surface area contributed by atoms with Crippen LogP contribution in [0.4, 0.5) is 14.5 Å². The third-order valence-electron chi connectivity index (χ3n) is 7.21. The van der Waals surface area contributed by atoms with Crippen molar-refractivity contribution in [3.05, 3.63) is 122 Å². The first-order chi connectivity index (χ1) is 20.7. The number of carbonyl (C=O) groups excluding carboxylic acids is 2. The zero-order valence-electron chi connectivity index (χ0n) is 22.2. The lowest BCUT2D eigenvalue weighted by Gasteiger charge is -2.28. The molecular formula is C31H19Cl2F2N5O3. The highest BCUT2D eigenvalue weighted by Crippen LogP contribution is 2.48. The first kappa shape index (κ1) is 28.2. The van der Waals surface area contributed by atoms with Crippen LogP contribution in [0.1, 0.15) is 49.1 Å². The quantitative estimate of drug-likeness (QED) is 0.212. The number of methoxy groups -OCH3 is 1. The number of aromatic amines is 1. The van der Waals surface area contributed by atoms with E-state index in [9.17, 15) is 23.6 Å². The molecule has 2 N–H and O–H groups in total. The van der Waals surface area contributed by atoms with E-state index >= 15 is 0 Å². The zero-order chi connectivity index (χ0) is 30.4. The topological polar surface area (TPSA) is 111 Å². The van der Waals surface area contributed by atoms with E-state index in [1.54, 1.807) is 24.3 Å². The fourth-order valence-corrected chi connectivity index (χ4v) is 5.75. The van der Waals surface area contributed by atoms with Gasteiger partial charge in [0.05, 0.1) is 24.2 Å². The summed E-state index contributed by atoms with van der Waals surface area (Å²) in [6.45, 7) is 0.0721. The van der Waals surface area contributed by atoms with E-state index < -0.39 is 29.5 Å². The highest BCUT2D eigenvalue weighted by atomic mass is 35.5. The van der Waals surface area contributed by atoms with Gasteiger partial charge < -0.3 is 15.0 Å². The van der Waals surface area contributed by atoms with Crippen molar-refractivity contribution in [1.82, 2.24) is 15.1 Å². The van der Waals surface area contributed by atoms with Crippen molar-refractivity contribution in [1.29, 1.82) is 5.26 Å². The maximum absolute atomic E-state index is 14.7. The summed E-state index contributed by atoms with van der Waals surface area (Å²) in [5.74, 6) is -1.88. The standard InChI is InChI=1S/C31H19Cl2F2N5O3/c1-43-20-5-2-15(3-6-20)14-40-29(21-11-18(34)4-7-23(21)33)26-24(37-30(41)16-8-17(32)10-19(35)9-16)12-22-25(13-36)38-39-28(22)27(26)31(40)42/h2-12,29H,14H2,1H3,(H,37,41)(H,38,39). The molecule has 2 heterocycles. The second-order valence-corrected chi connectivity index (χ2v) is 10.6. The van der Waals surface area contributed by atoms with Crippen molar-refractivity contribution in [2.45, 2.75) is 12.6 Å². The average Bonchev–Trinajstić information content (AvgIpc) is 3.52. The van der Waals surface area contributed by atoms with Gasteiger partial charge in [0.2, 0.25) is 0 Å².